The number of nitrogens with one attached hydrogen (secondary N) is 2. The van der Waals surface area contributed by atoms with Gasteiger partial charge < -0.3 is 20.5 Å². The SMILES string of the molecule is CCOCC(NC(=O)NCC(=O)O)C(C)C. The van der Waals surface area contributed by atoms with Crippen molar-refractivity contribution >= 4 is 12.0 Å². The molecular weight excluding hydrogens is 212 g/mol. The van der Waals surface area contributed by atoms with Crippen LogP contribution >= 0.6 is 0 Å². The average molecular weight is 232 g/mol. The van der Waals surface area contributed by atoms with E-state index >= 15 is 0 Å². The normalized spacial score (nSPS) is 12.2. The van der Waals surface area contributed by atoms with Crippen molar-refractivity contribution in [2.45, 2.75) is 26.8 Å². The van der Waals surface area contributed by atoms with Crippen LogP contribution in [0.2, 0.25) is 0 Å². The molecule has 1 atom stereocenters. The van der Waals surface area contributed by atoms with Crippen LogP contribution in [0.3, 0.4) is 0 Å². The van der Waals surface area contributed by atoms with Crippen molar-refractivity contribution in [2.24, 2.45) is 5.92 Å². The Morgan fingerprint density at radius 1 is 1.38 bits per heavy atom. The molecule has 0 fully saturated rings. The molecule has 0 bridgehead atoms. The number of amides is 2. The molecule has 94 valence electrons. The molecule has 0 aliphatic rings. The van der Waals surface area contributed by atoms with Gasteiger partial charge in [-0.15, -0.1) is 0 Å². The maximum atomic E-state index is 11.3. The van der Waals surface area contributed by atoms with Gasteiger partial charge in [-0.25, -0.2) is 4.79 Å². The summed E-state index contributed by atoms with van der Waals surface area (Å²) in [5.74, 6) is -0.844. The van der Waals surface area contributed by atoms with E-state index in [0.29, 0.717) is 13.2 Å². The number of aliphatic carboxylic acids is 1. The fourth-order valence-electron chi connectivity index (χ4n) is 1.02. The molecule has 0 radical (unpaired) electrons. The highest BCUT2D eigenvalue weighted by molar-refractivity contribution is 5.79. The smallest absolute Gasteiger partial charge is 0.323 e. The molecule has 0 aromatic heterocycles. The molecular formula is C10H20N2O4. The first kappa shape index (κ1) is 14.7. The highest BCUT2D eigenvalue weighted by Crippen LogP contribution is 2.01. The molecule has 0 heterocycles. The molecule has 3 N–H and O–H groups in total. The van der Waals surface area contributed by atoms with Crippen LogP contribution in [0, 0.1) is 5.92 Å². The molecule has 0 aromatic carbocycles. The van der Waals surface area contributed by atoms with Gasteiger partial charge in [0.25, 0.3) is 0 Å². The lowest BCUT2D eigenvalue weighted by molar-refractivity contribution is -0.135. The van der Waals surface area contributed by atoms with Crippen molar-refractivity contribution in [1.29, 1.82) is 0 Å². The van der Waals surface area contributed by atoms with Gasteiger partial charge in [0.2, 0.25) is 0 Å². The summed E-state index contributed by atoms with van der Waals surface area (Å²) in [5, 5.41) is 13.3. The summed E-state index contributed by atoms with van der Waals surface area (Å²) >= 11 is 0. The Bertz CT molecular complexity index is 231. The summed E-state index contributed by atoms with van der Waals surface area (Å²) in [6.45, 7) is 6.42. The van der Waals surface area contributed by atoms with Crippen LogP contribution in [-0.2, 0) is 9.53 Å². The summed E-state index contributed by atoms with van der Waals surface area (Å²) in [7, 11) is 0. The van der Waals surface area contributed by atoms with Crippen LogP contribution in [0.1, 0.15) is 20.8 Å². The van der Waals surface area contributed by atoms with Gasteiger partial charge in [0.15, 0.2) is 0 Å². The number of carboxylic acid groups (broad SMARTS) is 1. The summed E-state index contributed by atoms with van der Waals surface area (Å²) in [4.78, 5) is 21.5. The Balaban J connectivity index is 3.97. The van der Waals surface area contributed by atoms with Gasteiger partial charge in [0.05, 0.1) is 12.6 Å². The zero-order valence-electron chi connectivity index (χ0n) is 9.95. The second-order valence-electron chi connectivity index (χ2n) is 3.73. The maximum absolute atomic E-state index is 11.3. The Morgan fingerprint density at radius 3 is 2.44 bits per heavy atom. The molecule has 0 saturated carbocycles. The highest BCUT2D eigenvalue weighted by atomic mass is 16.5. The monoisotopic (exact) mass is 232 g/mol. The standard InChI is InChI=1S/C10H20N2O4/c1-4-16-6-8(7(2)3)12-10(15)11-5-9(13)14/h7-8H,4-6H2,1-3H3,(H,13,14)(H2,11,12,15). The topological polar surface area (TPSA) is 87.7 Å². The van der Waals surface area contributed by atoms with Crippen molar-refractivity contribution in [3.05, 3.63) is 0 Å². The van der Waals surface area contributed by atoms with Gasteiger partial charge in [-0.2, -0.15) is 0 Å². The van der Waals surface area contributed by atoms with E-state index in [1.165, 1.54) is 0 Å². The van der Waals surface area contributed by atoms with E-state index in [1.54, 1.807) is 0 Å². The third-order valence-corrected chi connectivity index (χ3v) is 2.02. The molecule has 0 aliphatic carbocycles. The fraction of sp³-hybridized carbons (Fsp3) is 0.800. The minimum Gasteiger partial charge on any atom is -0.480 e. The van der Waals surface area contributed by atoms with E-state index in [-0.39, 0.29) is 18.5 Å². The first-order valence-corrected chi connectivity index (χ1v) is 5.31. The van der Waals surface area contributed by atoms with Crippen LogP contribution in [0.25, 0.3) is 0 Å². The van der Waals surface area contributed by atoms with Crippen LogP contribution in [0.15, 0.2) is 0 Å². The second-order valence-corrected chi connectivity index (χ2v) is 3.73. The molecule has 0 rings (SSSR count). The number of carbonyl (C=O) groups is 2. The molecule has 0 aliphatic heterocycles. The summed E-state index contributed by atoms with van der Waals surface area (Å²) < 4.78 is 5.22. The number of rotatable bonds is 7. The van der Waals surface area contributed by atoms with Crippen LogP contribution in [-0.4, -0.2) is 42.9 Å². The molecule has 0 spiro atoms. The first-order valence-electron chi connectivity index (χ1n) is 5.31. The zero-order valence-corrected chi connectivity index (χ0v) is 9.95. The highest BCUT2D eigenvalue weighted by Gasteiger charge is 2.16. The molecule has 6 nitrogen and oxygen atoms in total. The maximum Gasteiger partial charge on any atom is 0.323 e. The zero-order chi connectivity index (χ0) is 12.6. The lowest BCUT2D eigenvalue weighted by Crippen LogP contribution is -2.47. The first-order chi connectivity index (χ1) is 7.47. The number of urea groups is 1. The van der Waals surface area contributed by atoms with Crippen molar-refractivity contribution in [3.8, 4) is 0 Å². The predicted molar refractivity (Wildman–Crippen MR) is 59.3 cm³/mol. The van der Waals surface area contributed by atoms with Gasteiger partial charge >= 0.3 is 12.0 Å². The van der Waals surface area contributed by atoms with Gasteiger partial charge in [0.1, 0.15) is 6.54 Å². The number of hydrogen-bond acceptors (Lipinski definition) is 3. The average Bonchev–Trinajstić information content (AvgIpc) is 2.20. The van der Waals surface area contributed by atoms with Crippen LogP contribution in [0.4, 0.5) is 4.79 Å². The third-order valence-electron chi connectivity index (χ3n) is 2.02. The third kappa shape index (κ3) is 7.05. The van der Waals surface area contributed by atoms with E-state index < -0.39 is 12.0 Å². The Hall–Kier alpha value is -1.30. The van der Waals surface area contributed by atoms with Crippen LogP contribution in [0.5, 0.6) is 0 Å². The molecule has 0 saturated heterocycles. The van der Waals surface area contributed by atoms with Gasteiger partial charge in [-0.1, -0.05) is 13.8 Å². The lowest BCUT2D eigenvalue weighted by Gasteiger charge is -2.22. The van der Waals surface area contributed by atoms with Gasteiger partial charge in [-0.3, -0.25) is 4.79 Å². The number of carboxylic acids is 1. The summed E-state index contributed by atoms with van der Waals surface area (Å²) in [6, 6.07) is -0.602. The predicted octanol–water partition coefficient (Wildman–Crippen LogP) is 0.431. The second kappa shape index (κ2) is 7.92. The van der Waals surface area contributed by atoms with E-state index in [2.05, 4.69) is 10.6 Å². The van der Waals surface area contributed by atoms with E-state index in [9.17, 15) is 9.59 Å². The number of carbonyl (C=O) groups excluding carboxylic acids is 1. The Kier molecular flexibility index (Phi) is 7.28. The quantitative estimate of drug-likeness (QED) is 0.594. The van der Waals surface area contributed by atoms with Gasteiger partial charge in [-0.05, 0) is 12.8 Å². The summed E-state index contributed by atoms with van der Waals surface area (Å²) in [6.07, 6.45) is 0. The van der Waals surface area contributed by atoms with E-state index in [0.717, 1.165) is 0 Å². The largest absolute Gasteiger partial charge is 0.480 e. The molecule has 1 unspecified atom stereocenters. The van der Waals surface area contributed by atoms with Crippen LogP contribution < -0.4 is 10.6 Å². The Labute approximate surface area is 95.4 Å². The minimum absolute atomic E-state index is 0.117. The summed E-state index contributed by atoms with van der Waals surface area (Å²) in [5.41, 5.74) is 0. The fourth-order valence-corrected chi connectivity index (χ4v) is 1.02. The molecule has 2 amide bonds. The van der Waals surface area contributed by atoms with Crippen molar-refractivity contribution < 1.29 is 19.4 Å². The molecule has 6 heteroatoms. The van der Waals surface area contributed by atoms with E-state index in [1.807, 2.05) is 20.8 Å². The van der Waals surface area contributed by atoms with Crippen molar-refractivity contribution in [3.63, 3.8) is 0 Å². The van der Waals surface area contributed by atoms with Gasteiger partial charge in [0, 0.05) is 6.61 Å². The Morgan fingerprint density at radius 2 is 2.00 bits per heavy atom. The lowest BCUT2D eigenvalue weighted by atomic mass is 10.1. The van der Waals surface area contributed by atoms with Crippen molar-refractivity contribution in [2.75, 3.05) is 19.8 Å². The number of hydrogen-bond donors (Lipinski definition) is 3. The number of ether oxygens (including phenoxy) is 1. The minimum atomic E-state index is -1.07. The van der Waals surface area contributed by atoms with E-state index in [4.69, 9.17) is 9.84 Å². The molecule has 16 heavy (non-hydrogen) atoms. The van der Waals surface area contributed by atoms with Crippen molar-refractivity contribution in [1.82, 2.24) is 10.6 Å². The molecule has 0 aromatic rings.